The van der Waals surface area contributed by atoms with E-state index in [4.69, 9.17) is 15.0 Å². The molecule has 1 atom stereocenters. The van der Waals surface area contributed by atoms with E-state index in [1.54, 1.807) is 0 Å². The molecule has 0 radical (unpaired) electrons. The summed E-state index contributed by atoms with van der Waals surface area (Å²) < 4.78 is 11.4. The molecule has 0 saturated heterocycles. The van der Waals surface area contributed by atoms with E-state index < -0.39 is 0 Å². The number of fused-ring (bicyclic) bond motifs is 1. The van der Waals surface area contributed by atoms with Crippen molar-refractivity contribution in [2.75, 3.05) is 13.2 Å². The number of nitrogens with one attached hydrogen (secondary N) is 1. The molecule has 4 nitrogen and oxygen atoms in total. The third-order valence-electron chi connectivity index (χ3n) is 2.94. The molecule has 1 heterocycles. The second-order valence-electron chi connectivity index (χ2n) is 4.44. The number of aryl methyl sites for hydroxylation is 1. The van der Waals surface area contributed by atoms with Crippen molar-refractivity contribution in [3.05, 3.63) is 35.6 Å². The fourth-order valence-corrected chi connectivity index (χ4v) is 1.96. The van der Waals surface area contributed by atoms with Crippen LogP contribution in [-0.4, -0.2) is 13.2 Å². The van der Waals surface area contributed by atoms with E-state index in [0.717, 1.165) is 35.3 Å². The van der Waals surface area contributed by atoms with Crippen LogP contribution in [0.5, 0.6) is 0 Å². The third kappa shape index (κ3) is 2.72. The molecule has 0 amide bonds. The number of para-hydroxylation sites is 1. The Morgan fingerprint density at radius 3 is 2.94 bits per heavy atom. The number of hydrazine groups is 1. The average Bonchev–Trinajstić information content (AvgIpc) is 2.80. The summed E-state index contributed by atoms with van der Waals surface area (Å²) in [5.41, 5.74) is 4.79. The number of hydrogen-bond donors (Lipinski definition) is 2. The number of nitrogens with two attached hydrogens (primary N) is 1. The Morgan fingerprint density at radius 2 is 2.28 bits per heavy atom. The van der Waals surface area contributed by atoms with Crippen LogP contribution in [0.1, 0.15) is 30.7 Å². The topological polar surface area (TPSA) is 60.4 Å². The van der Waals surface area contributed by atoms with Gasteiger partial charge in [0.2, 0.25) is 0 Å². The largest absolute Gasteiger partial charge is 0.459 e. The lowest BCUT2D eigenvalue weighted by Gasteiger charge is -2.13. The minimum Gasteiger partial charge on any atom is -0.459 e. The van der Waals surface area contributed by atoms with E-state index in [0.29, 0.717) is 6.61 Å². The highest BCUT2D eigenvalue weighted by Crippen LogP contribution is 2.26. The van der Waals surface area contributed by atoms with Crippen LogP contribution in [0, 0.1) is 6.92 Å². The molecule has 2 aromatic rings. The Morgan fingerprint density at radius 1 is 1.44 bits per heavy atom. The Kier molecular flexibility index (Phi) is 4.36. The van der Waals surface area contributed by atoms with Crippen molar-refractivity contribution in [3.63, 3.8) is 0 Å². The van der Waals surface area contributed by atoms with Gasteiger partial charge in [0.05, 0.1) is 6.61 Å². The van der Waals surface area contributed by atoms with Gasteiger partial charge in [-0.05, 0) is 25.0 Å². The van der Waals surface area contributed by atoms with E-state index in [-0.39, 0.29) is 6.04 Å². The lowest BCUT2D eigenvalue weighted by atomic mass is 10.1. The normalized spacial score (nSPS) is 13.1. The fraction of sp³-hybridized carbons (Fsp3) is 0.429. The van der Waals surface area contributed by atoms with Gasteiger partial charge >= 0.3 is 0 Å². The summed E-state index contributed by atoms with van der Waals surface area (Å²) in [6.07, 6.45) is 0.997. The quantitative estimate of drug-likeness (QED) is 0.469. The van der Waals surface area contributed by atoms with Crippen molar-refractivity contribution < 1.29 is 9.15 Å². The van der Waals surface area contributed by atoms with E-state index in [1.807, 2.05) is 31.2 Å². The maximum Gasteiger partial charge on any atom is 0.137 e. The molecule has 0 aliphatic carbocycles. The molecule has 4 heteroatoms. The van der Waals surface area contributed by atoms with Crippen LogP contribution >= 0.6 is 0 Å². The zero-order chi connectivity index (χ0) is 13.0. The van der Waals surface area contributed by atoms with Crippen LogP contribution in [0.4, 0.5) is 0 Å². The highest BCUT2D eigenvalue weighted by molar-refractivity contribution is 5.80. The van der Waals surface area contributed by atoms with Crippen molar-refractivity contribution in [3.8, 4) is 0 Å². The van der Waals surface area contributed by atoms with Gasteiger partial charge in [-0.15, -0.1) is 0 Å². The number of rotatable bonds is 6. The van der Waals surface area contributed by atoms with Gasteiger partial charge in [0.1, 0.15) is 17.4 Å². The molecule has 0 aliphatic heterocycles. The van der Waals surface area contributed by atoms with Gasteiger partial charge in [-0.25, -0.2) is 5.43 Å². The molecular weight excluding hydrogens is 228 g/mol. The standard InChI is InChI=1S/C14H20N2O2/c1-3-7-17-9-12(16-15)13-8-11-6-4-5-10(2)14(11)18-13/h4-6,8,12,16H,3,7,9,15H2,1-2H3. The van der Waals surface area contributed by atoms with E-state index in [2.05, 4.69) is 12.3 Å². The van der Waals surface area contributed by atoms with Crippen molar-refractivity contribution in [2.24, 2.45) is 5.84 Å². The summed E-state index contributed by atoms with van der Waals surface area (Å²) in [6, 6.07) is 8.00. The van der Waals surface area contributed by atoms with Crippen LogP contribution in [0.15, 0.2) is 28.7 Å². The first-order valence-electron chi connectivity index (χ1n) is 6.29. The maximum atomic E-state index is 5.86. The number of benzene rings is 1. The predicted molar refractivity (Wildman–Crippen MR) is 72.1 cm³/mol. The molecule has 3 N–H and O–H groups in total. The fourth-order valence-electron chi connectivity index (χ4n) is 1.96. The van der Waals surface area contributed by atoms with Gasteiger partial charge in [-0.2, -0.15) is 0 Å². The monoisotopic (exact) mass is 248 g/mol. The summed E-state index contributed by atoms with van der Waals surface area (Å²) in [5, 5.41) is 1.10. The molecule has 0 fully saturated rings. The number of furan rings is 1. The van der Waals surface area contributed by atoms with Gasteiger partial charge in [0, 0.05) is 12.0 Å². The SMILES string of the molecule is CCCOCC(NN)c1cc2cccc(C)c2o1. The summed E-state index contributed by atoms with van der Waals surface area (Å²) in [5.74, 6) is 6.37. The lowest BCUT2D eigenvalue weighted by molar-refractivity contribution is 0.106. The zero-order valence-corrected chi connectivity index (χ0v) is 10.9. The molecule has 0 bridgehead atoms. The lowest BCUT2D eigenvalue weighted by Crippen LogP contribution is -2.31. The molecule has 0 saturated carbocycles. The van der Waals surface area contributed by atoms with Crippen LogP contribution in [-0.2, 0) is 4.74 Å². The number of ether oxygens (including phenoxy) is 1. The second kappa shape index (κ2) is 6.00. The molecular formula is C14H20N2O2. The van der Waals surface area contributed by atoms with Crippen molar-refractivity contribution >= 4 is 11.0 Å². The second-order valence-corrected chi connectivity index (χ2v) is 4.44. The number of hydrogen-bond acceptors (Lipinski definition) is 4. The summed E-state index contributed by atoms with van der Waals surface area (Å²) in [7, 11) is 0. The smallest absolute Gasteiger partial charge is 0.137 e. The molecule has 1 unspecified atom stereocenters. The van der Waals surface area contributed by atoms with Gasteiger partial charge in [-0.3, -0.25) is 5.84 Å². The summed E-state index contributed by atoms with van der Waals surface area (Å²) in [6.45, 7) is 5.37. The molecule has 1 aromatic carbocycles. The maximum absolute atomic E-state index is 5.86. The molecule has 0 aliphatic rings. The van der Waals surface area contributed by atoms with Crippen molar-refractivity contribution in [2.45, 2.75) is 26.3 Å². The van der Waals surface area contributed by atoms with Crippen LogP contribution in [0.25, 0.3) is 11.0 Å². The van der Waals surface area contributed by atoms with Crippen LogP contribution in [0.3, 0.4) is 0 Å². The van der Waals surface area contributed by atoms with Crippen LogP contribution < -0.4 is 11.3 Å². The first kappa shape index (κ1) is 13.1. The summed E-state index contributed by atoms with van der Waals surface area (Å²) in [4.78, 5) is 0. The molecule has 18 heavy (non-hydrogen) atoms. The van der Waals surface area contributed by atoms with E-state index >= 15 is 0 Å². The van der Waals surface area contributed by atoms with E-state index in [1.165, 1.54) is 0 Å². The van der Waals surface area contributed by atoms with Gasteiger partial charge in [0.25, 0.3) is 0 Å². The highest BCUT2D eigenvalue weighted by Gasteiger charge is 2.15. The zero-order valence-electron chi connectivity index (χ0n) is 10.9. The van der Waals surface area contributed by atoms with Gasteiger partial charge < -0.3 is 9.15 Å². The average molecular weight is 248 g/mol. The van der Waals surface area contributed by atoms with Gasteiger partial charge in [-0.1, -0.05) is 25.1 Å². The Balaban J connectivity index is 2.20. The Labute approximate surface area is 107 Å². The first-order chi connectivity index (χ1) is 8.76. The van der Waals surface area contributed by atoms with Crippen molar-refractivity contribution in [1.29, 1.82) is 0 Å². The minimum atomic E-state index is -0.108. The van der Waals surface area contributed by atoms with E-state index in [9.17, 15) is 0 Å². The summed E-state index contributed by atoms with van der Waals surface area (Å²) >= 11 is 0. The predicted octanol–water partition coefficient (Wildman–Crippen LogP) is 2.67. The Hall–Kier alpha value is -1.36. The van der Waals surface area contributed by atoms with Gasteiger partial charge in [0.15, 0.2) is 0 Å². The molecule has 98 valence electrons. The Bertz CT molecular complexity index is 507. The molecule has 2 rings (SSSR count). The first-order valence-corrected chi connectivity index (χ1v) is 6.29. The minimum absolute atomic E-state index is 0.108. The molecule has 0 spiro atoms. The van der Waals surface area contributed by atoms with Crippen molar-refractivity contribution in [1.82, 2.24) is 5.43 Å². The molecule has 1 aromatic heterocycles. The third-order valence-corrected chi connectivity index (χ3v) is 2.94. The highest BCUT2D eigenvalue weighted by atomic mass is 16.5. The van der Waals surface area contributed by atoms with Crippen LogP contribution in [0.2, 0.25) is 0 Å².